The predicted molar refractivity (Wildman–Crippen MR) is 84.2 cm³/mol. The lowest BCUT2D eigenvalue weighted by atomic mass is 10.3. The number of imidazole rings is 1. The van der Waals surface area contributed by atoms with Gasteiger partial charge >= 0.3 is 0 Å². The Balaban J connectivity index is 1.59. The summed E-state index contributed by atoms with van der Waals surface area (Å²) < 4.78 is 14.8. The van der Waals surface area contributed by atoms with Gasteiger partial charge in [-0.15, -0.1) is 0 Å². The molecular formula is C15H17FN6O. The molecule has 23 heavy (non-hydrogen) atoms. The molecule has 0 atom stereocenters. The van der Waals surface area contributed by atoms with Crippen LogP contribution in [0.5, 0.6) is 0 Å². The number of rotatable bonds is 5. The molecule has 8 heteroatoms. The van der Waals surface area contributed by atoms with Crippen molar-refractivity contribution in [3.05, 3.63) is 42.1 Å². The van der Waals surface area contributed by atoms with Crippen LogP contribution in [0.4, 0.5) is 10.2 Å². The SMILES string of the molecule is CN(CC(=O)Nc1ccn(C)n1)Cc1nc2ccc(F)cc2[nH]1. The maximum atomic E-state index is 13.2. The summed E-state index contributed by atoms with van der Waals surface area (Å²) >= 11 is 0. The summed E-state index contributed by atoms with van der Waals surface area (Å²) in [7, 11) is 3.60. The predicted octanol–water partition coefficient (Wildman–Crippen LogP) is 1.51. The zero-order chi connectivity index (χ0) is 16.4. The second-order valence-corrected chi connectivity index (χ2v) is 5.44. The second-order valence-electron chi connectivity index (χ2n) is 5.44. The molecule has 3 aromatic rings. The summed E-state index contributed by atoms with van der Waals surface area (Å²) in [6.07, 6.45) is 1.76. The Morgan fingerprint density at radius 1 is 1.43 bits per heavy atom. The topological polar surface area (TPSA) is 78.8 Å². The number of fused-ring (bicyclic) bond motifs is 1. The maximum Gasteiger partial charge on any atom is 0.239 e. The van der Waals surface area contributed by atoms with Crippen molar-refractivity contribution in [3.63, 3.8) is 0 Å². The summed E-state index contributed by atoms with van der Waals surface area (Å²) in [4.78, 5) is 21.2. The Bertz CT molecular complexity index is 839. The molecule has 2 heterocycles. The Morgan fingerprint density at radius 2 is 2.26 bits per heavy atom. The average molecular weight is 316 g/mol. The van der Waals surface area contributed by atoms with Crippen molar-refractivity contribution in [2.45, 2.75) is 6.54 Å². The van der Waals surface area contributed by atoms with Crippen molar-refractivity contribution in [2.75, 3.05) is 18.9 Å². The van der Waals surface area contributed by atoms with Gasteiger partial charge < -0.3 is 10.3 Å². The van der Waals surface area contributed by atoms with Crippen LogP contribution in [0.2, 0.25) is 0 Å². The number of nitrogens with one attached hydrogen (secondary N) is 2. The quantitative estimate of drug-likeness (QED) is 0.748. The van der Waals surface area contributed by atoms with Gasteiger partial charge in [-0.3, -0.25) is 14.4 Å². The lowest BCUT2D eigenvalue weighted by molar-refractivity contribution is -0.117. The zero-order valence-electron chi connectivity index (χ0n) is 12.9. The summed E-state index contributed by atoms with van der Waals surface area (Å²) in [5.74, 6) is 0.730. The zero-order valence-corrected chi connectivity index (χ0v) is 12.9. The van der Waals surface area contributed by atoms with Crippen molar-refractivity contribution >= 4 is 22.8 Å². The van der Waals surface area contributed by atoms with Crippen LogP contribution in [0.15, 0.2) is 30.5 Å². The minimum atomic E-state index is -0.309. The largest absolute Gasteiger partial charge is 0.341 e. The van der Waals surface area contributed by atoms with Crippen LogP contribution >= 0.6 is 0 Å². The molecule has 7 nitrogen and oxygen atoms in total. The molecule has 120 valence electrons. The number of carbonyl (C=O) groups is 1. The molecule has 0 unspecified atom stereocenters. The molecule has 0 fully saturated rings. The first-order chi connectivity index (χ1) is 11.0. The Morgan fingerprint density at radius 3 is 3.00 bits per heavy atom. The number of aromatic amines is 1. The molecule has 2 aromatic heterocycles. The highest BCUT2D eigenvalue weighted by Crippen LogP contribution is 2.13. The van der Waals surface area contributed by atoms with Gasteiger partial charge in [0.25, 0.3) is 0 Å². The van der Waals surface area contributed by atoms with Gasteiger partial charge in [-0.2, -0.15) is 5.10 Å². The first-order valence-electron chi connectivity index (χ1n) is 7.12. The number of carbonyl (C=O) groups excluding carboxylic acids is 1. The third-order valence-electron chi connectivity index (χ3n) is 3.31. The van der Waals surface area contributed by atoms with Crippen LogP contribution in [0.25, 0.3) is 11.0 Å². The molecule has 2 N–H and O–H groups in total. The van der Waals surface area contributed by atoms with E-state index in [9.17, 15) is 9.18 Å². The average Bonchev–Trinajstić information content (AvgIpc) is 3.03. The van der Waals surface area contributed by atoms with Crippen LogP contribution < -0.4 is 5.32 Å². The van der Waals surface area contributed by atoms with E-state index in [4.69, 9.17) is 0 Å². The van der Waals surface area contributed by atoms with Crippen molar-refractivity contribution in [2.24, 2.45) is 7.05 Å². The smallest absolute Gasteiger partial charge is 0.239 e. The number of hydrogen-bond acceptors (Lipinski definition) is 4. The van der Waals surface area contributed by atoms with Crippen LogP contribution in [0, 0.1) is 5.82 Å². The van der Waals surface area contributed by atoms with E-state index in [2.05, 4.69) is 20.4 Å². The summed E-state index contributed by atoms with van der Waals surface area (Å²) in [6.45, 7) is 0.647. The van der Waals surface area contributed by atoms with E-state index in [0.717, 1.165) is 0 Å². The first-order valence-corrected chi connectivity index (χ1v) is 7.12. The van der Waals surface area contributed by atoms with Gasteiger partial charge in [0.15, 0.2) is 5.82 Å². The molecule has 1 aromatic carbocycles. The highest BCUT2D eigenvalue weighted by Gasteiger charge is 2.11. The summed E-state index contributed by atoms with van der Waals surface area (Å²) in [5, 5.41) is 6.81. The summed E-state index contributed by atoms with van der Waals surface area (Å²) in [6, 6.07) is 6.13. The molecule has 0 aliphatic carbocycles. The molecule has 0 aliphatic heterocycles. The standard InChI is InChI=1S/C15H17FN6O/c1-21(9-15(23)19-13-5-6-22(2)20-13)8-14-17-11-4-3-10(16)7-12(11)18-14/h3-7H,8-9H2,1-2H3,(H,17,18)(H,19,20,23). The molecule has 0 saturated heterocycles. The minimum Gasteiger partial charge on any atom is -0.341 e. The lowest BCUT2D eigenvalue weighted by Gasteiger charge is -2.14. The first kappa shape index (κ1) is 15.2. The van der Waals surface area contributed by atoms with E-state index in [0.29, 0.717) is 29.2 Å². The van der Waals surface area contributed by atoms with Gasteiger partial charge in [0.05, 0.1) is 24.1 Å². The Kier molecular flexibility index (Phi) is 4.07. The van der Waals surface area contributed by atoms with Crippen molar-refractivity contribution < 1.29 is 9.18 Å². The van der Waals surface area contributed by atoms with E-state index in [-0.39, 0.29) is 18.3 Å². The monoisotopic (exact) mass is 316 g/mol. The number of likely N-dealkylation sites (N-methyl/N-ethyl adjacent to an activating group) is 1. The molecular weight excluding hydrogens is 299 g/mol. The fraction of sp³-hybridized carbons (Fsp3) is 0.267. The number of nitrogens with zero attached hydrogens (tertiary/aromatic N) is 4. The van der Waals surface area contributed by atoms with Crippen LogP contribution in [-0.2, 0) is 18.4 Å². The van der Waals surface area contributed by atoms with Gasteiger partial charge in [0.1, 0.15) is 11.6 Å². The van der Waals surface area contributed by atoms with Gasteiger partial charge in [0, 0.05) is 19.3 Å². The fourth-order valence-corrected chi connectivity index (χ4v) is 2.33. The molecule has 0 saturated carbocycles. The highest BCUT2D eigenvalue weighted by molar-refractivity contribution is 5.91. The van der Waals surface area contributed by atoms with Gasteiger partial charge in [0.2, 0.25) is 5.91 Å². The number of hydrogen-bond donors (Lipinski definition) is 2. The van der Waals surface area contributed by atoms with Crippen LogP contribution in [0.1, 0.15) is 5.82 Å². The van der Waals surface area contributed by atoms with Gasteiger partial charge in [-0.25, -0.2) is 9.37 Å². The van der Waals surface area contributed by atoms with Crippen molar-refractivity contribution in [3.8, 4) is 0 Å². The van der Waals surface area contributed by atoms with E-state index in [1.54, 1.807) is 30.1 Å². The van der Waals surface area contributed by atoms with E-state index < -0.39 is 0 Å². The molecule has 0 bridgehead atoms. The molecule has 0 radical (unpaired) electrons. The maximum absolute atomic E-state index is 13.2. The van der Waals surface area contributed by atoms with E-state index in [1.807, 2.05) is 11.9 Å². The van der Waals surface area contributed by atoms with Gasteiger partial charge in [-0.1, -0.05) is 0 Å². The lowest BCUT2D eigenvalue weighted by Crippen LogP contribution is -2.30. The molecule has 0 spiro atoms. The number of aromatic nitrogens is 4. The molecule has 1 amide bonds. The Labute approximate surface area is 132 Å². The number of halogens is 1. The van der Waals surface area contributed by atoms with E-state index >= 15 is 0 Å². The van der Waals surface area contributed by atoms with Crippen molar-refractivity contribution in [1.29, 1.82) is 0 Å². The normalized spacial score (nSPS) is 11.3. The number of amides is 1. The van der Waals surface area contributed by atoms with Crippen LogP contribution in [-0.4, -0.2) is 44.1 Å². The third kappa shape index (κ3) is 3.72. The number of benzene rings is 1. The highest BCUT2D eigenvalue weighted by atomic mass is 19.1. The van der Waals surface area contributed by atoms with Crippen LogP contribution in [0.3, 0.4) is 0 Å². The van der Waals surface area contributed by atoms with Crippen molar-refractivity contribution in [1.82, 2.24) is 24.6 Å². The second kappa shape index (κ2) is 6.17. The number of aryl methyl sites for hydroxylation is 1. The number of anilines is 1. The third-order valence-corrected chi connectivity index (χ3v) is 3.31. The molecule has 0 aliphatic rings. The summed E-state index contributed by atoms with van der Waals surface area (Å²) in [5.41, 5.74) is 1.35. The Hall–Kier alpha value is -2.74. The minimum absolute atomic E-state index is 0.159. The van der Waals surface area contributed by atoms with E-state index in [1.165, 1.54) is 12.1 Å². The number of H-pyrrole nitrogens is 1. The molecule has 3 rings (SSSR count). The fourth-order valence-electron chi connectivity index (χ4n) is 2.33. The van der Waals surface area contributed by atoms with Gasteiger partial charge in [-0.05, 0) is 25.2 Å².